The highest BCUT2D eigenvalue weighted by Gasteiger charge is 2.24. The van der Waals surface area contributed by atoms with Gasteiger partial charge >= 0.3 is 0 Å². The summed E-state index contributed by atoms with van der Waals surface area (Å²) in [5, 5.41) is 8.73. The fourth-order valence-electron chi connectivity index (χ4n) is 1.22. The minimum Gasteiger partial charge on any atom is -0.394 e. The van der Waals surface area contributed by atoms with Crippen molar-refractivity contribution in [3.63, 3.8) is 0 Å². The Morgan fingerprint density at radius 1 is 1.60 bits per heavy atom. The molecule has 0 unspecified atom stereocenters. The van der Waals surface area contributed by atoms with E-state index in [2.05, 4.69) is 0 Å². The Morgan fingerprint density at radius 3 is 2.80 bits per heavy atom. The summed E-state index contributed by atoms with van der Waals surface area (Å²) in [6, 6.07) is 0.155. The normalized spacial score (nSPS) is 41.7. The van der Waals surface area contributed by atoms with E-state index in [1.54, 1.807) is 0 Å². The van der Waals surface area contributed by atoms with E-state index >= 15 is 0 Å². The molecule has 0 spiro atoms. The van der Waals surface area contributed by atoms with Crippen molar-refractivity contribution in [2.24, 2.45) is 5.73 Å². The van der Waals surface area contributed by atoms with Gasteiger partial charge in [0.25, 0.3) is 0 Å². The van der Waals surface area contributed by atoms with Gasteiger partial charge in [-0.15, -0.1) is 0 Å². The highest BCUT2D eigenvalue weighted by atomic mass is 16.5. The molecule has 0 bridgehead atoms. The smallest absolute Gasteiger partial charge is 0.0810 e. The first-order chi connectivity index (χ1) is 4.74. The van der Waals surface area contributed by atoms with E-state index in [1.807, 2.05) is 6.92 Å². The first-order valence-electron chi connectivity index (χ1n) is 3.76. The lowest BCUT2D eigenvalue weighted by Crippen LogP contribution is -2.43. The molecule has 3 heteroatoms. The van der Waals surface area contributed by atoms with Crippen LogP contribution in [0.3, 0.4) is 0 Å². The molecule has 60 valence electrons. The zero-order chi connectivity index (χ0) is 7.56. The third-order valence-electron chi connectivity index (χ3n) is 2.04. The van der Waals surface area contributed by atoms with Crippen molar-refractivity contribution in [3.8, 4) is 0 Å². The molecule has 0 radical (unpaired) electrons. The molecule has 1 aliphatic rings. The minimum atomic E-state index is 0.0230. The lowest BCUT2D eigenvalue weighted by molar-refractivity contribution is -0.0726. The van der Waals surface area contributed by atoms with Crippen molar-refractivity contribution in [2.45, 2.75) is 38.0 Å². The highest BCUT2D eigenvalue weighted by molar-refractivity contribution is 4.77. The van der Waals surface area contributed by atoms with Gasteiger partial charge in [0.2, 0.25) is 0 Å². The summed E-state index contributed by atoms with van der Waals surface area (Å²) in [7, 11) is 0. The third-order valence-corrected chi connectivity index (χ3v) is 2.04. The van der Waals surface area contributed by atoms with Gasteiger partial charge in [0.15, 0.2) is 0 Å². The molecule has 0 aromatic rings. The lowest BCUT2D eigenvalue weighted by atomic mass is 10.0. The average molecular weight is 145 g/mol. The van der Waals surface area contributed by atoms with Gasteiger partial charge < -0.3 is 15.6 Å². The van der Waals surface area contributed by atoms with Crippen LogP contribution in [0, 0.1) is 0 Å². The number of nitrogens with two attached hydrogens (primary N) is 1. The van der Waals surface area contributed by atoms with Gasteiger partial charge in [-0.2, -0.15) is 0 Å². The van der Waals surface area contributed by atoms with Gasteiger partial charge in [0.05, 0.1) is 18.8 Å². The summed E-state index contributed by atoms with van der Waals surface area (Å²) in [5.41, 5.74) is 5.69. The van der Waals surface area contributed by atoms with Crippen LogP contribution < -0.4 is 5.73 Å². The van der Waals surface area contributed by atoms with Crippen molar-refractivity contribution in [2.75, 3.05) is 6.61 Å². The minimum absolute atomic E-state index is 0.0230. The second-order valence-corrected chi connectivity index (χ2v) is 2.89. The summed E-state index contributed by atoms with van der Waals surface area (Å²) in [5.74, 6) is 0. The standard InChI is InChI=1S/C7H15NO2/c1-5-7(8)3-2-6(4-9)10-5/h5-7,9H,2-4,8H2,1H3/t5-,6+,7-/m1/s1. The van der Waals surface area contributed by atoms with E-state index in [0.29, 0.717) is 0 Å². The van der Waals surface area contributed by atoms with Gasteiger partial charge in [0.1, 0.15) is 0 Å². The molecule has 1 saturated heterocycles. The van der Waals surface area contributed by atoms with Crippen LogP contribution in [-0.4, -0.2) is 30.0 Å². The number of aliphatic hydroxyl groups is 1. The predicted octanol–water partition coefficient (Wildman–Crippen LogP) is -0.126. The summed E-state index contributed by atoms with van der Waals surface area (Å²) >= 11 is 0. The van der Waals surface area contributed by atoms with Crippen molar-refractivity contribution >= 4 is 0 Å². The molecule has 0 aliphatic carbocycles. The highest BCUT2D eigenvalue weighted by Crippen LogP contribution is 2.16. The Kier molecular flexibility index (Phi) is 2.65. The summed E-state index contributed by atoms with van der Waals surface area (Å²) < 4.78 is 5.37. The van der Waals surface area contributed by atoms with Crippen molar-refractivity contribution in [1.82, 2.24) is 0 Å². The van der Waals surface area contributed by atoms with Crippen LogP contribution in [0.2, 0.25) is 0 Å². The fourth-order valence-corrected chi connectivity index (χ4v) is 1.22. The Balaban J connectivity index is 2.33. The third kappa shape index (κ3) is 1.68. The summed E-state index contributed by atoms with van der Waals surface area (Å²) in [6.45, 7) is 2.07. The largest absolute Gasteiger partial charge is 0.394 e. The Labute approximate surface area is 61.2 Å². The number of rotatable bonds is 1. The monoisotopic (exact) mass is 145 g/mol. The van der Waals surface area contributed by atoms with Crippen LogP contribution in [-0.2, 0) is 4.74 Å². The molecule has 0 aromatic heterocycles. The molecule has 0 aromatic carbocycles. The van der Waals surface area contributed by atoms with Crippen LogP contribution in [0.4, 0.5) is 0 Å². The van der Waals surface area contributed by atoms with Crippen molar-refractivity contribution in [3.05, 3.63) is 0 Å². The second-order valence-electron chi connectivity index (χ2n) is 2.89. The van der Waals surface area contributed by atoms with Gasteiger partial charge in [-0.3, -0.25) is 0 Å². The Bertz CT molecular complexity index is 108. The van der Waals surface area contributed by atoms with Crippen LogP contribution in [0.25, 0.3) is 0 Å². The molecule has 3 N–H and O–H groups in total. The molecule has 0 saturated carbocycles. The first kappa shape index (κ1) is 7.98. The van der Waals surface area contributed by atoms with E-state index in [1.165, 1.54) is 0 Å². The van der Waals surface area contributed by atoms with Gasteiger partial charge in [0, 0.05) is 6.04 Å². The fraction of sp³-hybridized carbons (Fsp3) is 1.00. The van der Waals surface area contributed by atoms with Gasteiger partial charge in [-0.1, -0.05) is 0 Å². The maximum Gasteiger partial charge on any atom is 0.0810 e. The van der Waals surface area contributed by atoms with E-state index < -0.39 is 0 Å². The van der Waals surface area contributed by atoms with Crippen LogP contribution in [0.5, 0.6) is 0 Å². The molecule has 3 atom stereocenters. The number of ether oxygens (including phenoxy) is 1. The molecule has 1 heterocycles. The SMILES string of the molecule is C[C@H]1O[C@H](CO)CC[C@H]1N. The van der Waals surface area contributed by atoms with Crippen LogP contribution in [0.15, 0.2) is 0 Å². The number of hydrogen-bond donors (Lipinski definition) is 2. The number of aliphatic hydroxyl groups excluding tert-OH is 1. The lowest BCUT2D eigenvalue weighted by Gasteiger charge is -2.31. The molecule has 0 amide bonds. The van der Waals surface area contributed by atoms with E-state index in [0.717, 1.165) is 12.8 Å². The van der Waals surface area contributed by atoms with E-state index in [4.69, 9.17) is 15.6 Å². The predicted molar refractivity (Wildman–Crippen MR) is 38.6 cm³/mol. The number of hydrogen-bond acceptors (Lipinski definition) is 3. The second kappa shape index (κ2) is 3.32. The molecule has 10 heavy (non-hydrogen) atoms. The zero-order valence-corrected chi connectivity index (χ0v) is 6.29. The maximum absolute atomic E-state index is 8.73. The molecule has 3 nitrogen and oxygen atoms in total. The Morgan fingerprint density at radius 2 is 2.30 bits per heavy atom. The maximum atomic E-state index is 8.73. The Hall–Kier alpha value is -0.120. The molecular formula is C7H15NO2. The van der Waals surface area contributed by atoms with Gasteiger partial charge in [-0.05, 0) is 19.8 Å². The average Bonchev–Trinajstić information content (AvgIpc) is 1.95. The van der Waals surface area contributed by atoms with Crippen LogP contribution >= 0.6 is 0 Å². The molecule has 1 fully saturated rings. The van der Waals surface area contributed by atoms with Gasteiger partial charge in [-0.25, -0.2) is 0 Å². The molecule has 1 rings (SSSR count). The van der Waals surface area contributed by atoms with Crippen molar-refractivity contribution in [1.29, 1.82) is 0 Å². The zero-order valence-electron chi connectivity index (χ0n) is 6.29. The molecular weight excluding hydrogens is 130 g/mol. The molecule has 1 aliphatic heterocycles. The quantitative estimate of drug-likeness (QED) is 0.540. The summed E-state index contributed by atoms with van der Waals surface area (Å²) in [4.78, 5) is 0. The topological polar surface area (TPSA) is 55.5 Å². The van der Waals surface area contributed by atoms with Crippen molar-refractivity contribution < 1.29 is 9.84 Å². The first-order valence-corrected chi connectivity index (χ1v) is 3.76. The summed E-state index contributed by atoms with van der Waals surface area (Å²) in [6.07, 6.45) is 1.98. The van der Waals surface area contributed by atoms with Crippen LogP contribution in [0.1, 0.15) is 19.8 Å². The van der Waals surface area contributed by atoms with E-state index in [9.17, 15) is 0 Å². The van der Waals surface area contributed by atoms with E-state index in [-0.39, 0.29) is 24.9 Å².